The number of pyridine rings is 1. The summed E-state index contributed by atoms with van der Waals surface area (Å²) in [5.74, 6) is -2.32. The lowest BCUT2D eigenvalue weighted by molar-refractivity contribution is 0.0966. The van der Waals surface area contributed by atoms with Gasteiger partial charge in [-0.1, -0.05) is 17.7 Å². The zero-order valence-corrected chi connectivity index (χ0v) is 19.9. The molecule has 1 aliphatic heterocycles. The topological polar surface area (TPSA) is 109 Å². The van der Waals surface area contributed by atoms with Gasteiger partial charge in [0.1, 0.15) is 17.1 Å². The fourth-order valence-electron chi connectivity index (χ4n) is 4.80. The van der Waals surface area contributed by atoms with Gasteiger partial charge in [0.15, 0.2) is 5.82 Å². The number of benzene rings is 2. The van der Waals surface area contributed by atoms with Crippen molar-refractivity contribution in [1.29, 1.82) is 0 Å². The maximum Gasteiger partial charge on any atom is 0.407 e. The van der Waals surface area contributed by atoms with E-state index in [-0.39, 0.29) is 51.5 Å². The summed E-state index contributed by atoms with van der Waals surface area (Å²) in [5, 5.41) is 9.63. The number of piperazine rings is 1. The van der Waals surface area contributed by atoms with Gasteiger partial charge in [-0.25, -0.2) is 13.6 Å². The fraction of sp³-hybridized carbons (Fsp3) is 0.292. The molecule has 35 heavy (non-hydrogen) atoms. The number of nitrogens with zero attached hydrogens (tertiary/aromatic N) is 3. The molecule has 0 radical (unpaired) electrons. The smallest absolute Gasteiger partial charge is 0.407 e. The molecule has 4 rings (SSSR count). The number of anilines is 1. The van der Waals surface area contributed by atoms with Crippen molar-refractivity contribution in [2.75, 3.05) is 25.1 Å². The molecule has 8 nitrogen and oxygen atoms in total. The van der Waals surface area contributed by atoms with Crippen molar-refractivity contribution in [3.05, 3.63) is 52.7 Å². The van der Waals surface area contributed by atoms with Crippen molar-refractivity contribution in [3.8, 4) is 16.9 Å². The highest BCUT2D eigenvalue weighted by atomic mass is 35.5. The predicted molar refractivity (Wildman–Crippen MR) is 128 cm³/mol. The molecule has 0 spiro atoms. The summed E-state index contributed by atoms with van der Waals surface area (Å²) in [5.41, 5.74) is 5.41. The van der Waals surface area contributed by atoms with Crippen molar-refractivity contribution < 1.29 is 28.2 Å². The number of amides is 2. The molecule has 1 fully saturated rings. The van der Waals surface area contributed by atoms with Gasteiger partial charge >= 0.3 is 6.09 Å². The average molecular weight is 505 g/mol. The van der Waals surface area contributed by atoms with E-state index in [4.69, 9.17) is 22.1 Å². The maximum atomic E-state index is 15.9. The minimum atomic E-state index is -1.06. The van der Waals surface area contributed by atoms with Crippen LogP contribution in [-0.4, -0.2) is 59.3 Å². The second-order valence-corrected chi connectivity index (χ2v) is 8.85. The van der Waals surface area contributed by atoms with E-state index in [2.05, 4.69) is 4.98 Å². The molecule has 2 atom stereocenters. The summed E-state index contributed by atoms with van der Waals surface area (Å²) >= 11 is 6.50. The molecule has 3 N–H and O–H groups in total. The highest BCUT2D eigenvalue weighted by Crippen LogP contribution is 2.43. The highest BCUT2D eigenvalue weighted by Gasteiger charge is 2.35. The van der Waals surface area contributed by atoms with E-state index in [1.165, 1.54) is 30.2 Å². The van der Waals surface area contributed by atoms with E-state index in [1.54, 1.807) is 18.7 Å². The summed E-state index contributed by atoms with van der Waals surface area (Å²) in [4.78, 5) is 31.2. The molecule has 3 aromatic rings. The number of primary amides is 1. The Bertz CT molecular complexity index is 1340. The molecule has 2 heterocycles. The molecule has 2 amide bonds. The Balaban J connectivity index is 1.97. The van der Waals surface area contributed by atoms with Crippen LogP contribution in [0.2, 0.25) is 5.02 Å². The first-order valence-electron chi connectivity index (χ1n) is 10.8. The molecule has 0 aliphatic carbocycles. The van der Waals surface area contributed by atoms with E-state index < -0.39 is 35.7 Å². The molecule has 0 bridgehead atoms. The monoisotopic (exact) mass is 504 g/mol. The Morgan fingerprint density at radius 3 is 2.43 bits per heavy atom. The zero-order chi connectivity index (χ0) is 25.6. The molecule has 1 saturated heterocycles. The lowest BCUT2D eigenvalue weighted by Gasteiger charge is -2.44. The second-order valence-electron chi connectivity index (χ2n) is 8.44. The summed E-state index contributed by atoms with van der Waals surface area (Å²) in [6, 6.07) is 4.63. The molecular formula is C24H23ClF2N4O4. The second kappa shape index (κ2) is 9.18. The molecule has 11 heteroatoms. The van der Waals surface area contributed by atoms with Gasteiger partial charge in [0.2, 0.25) is 0 Å². The van der Waals surface area contributed by atoms with Crippen molar-refractivity contribution in [1.82, 2.24) is 9.88 Å². The summed E-state index contributed by atoms with van der Waals surface area (Å²) in [7, 11) is 1.33. The van der Waals surface area contributed by atoms with Crippen molar-refractivity contribution >= 4 is 40.2 Å². The quantitative estimate of drug-likeness (QED) is 0.541. The maximum absolute atomic E-state index is 15.9. The average Bonchev–Trinajstić information content (AvgIpc) is 2.78. The number of nitrogens with two attached hydrogens (primary N) is 1. The van der Waals surface area contributed by atoms with Gasteiger partial charge in [-0.15, -0.1) is 0 Å². The molecule has 1 aliphatic rings. The first-order chi connectivity index (χ1) is 16.6. The SMILES string of the molecule is COc1cccc(F)c1-c1c(Cl)cc2c(N3CC(C)N(C(=O)O)C(C)C3)c(C(N)=O)cnc2c1F. The molecule has 184 valence electrons. The third-order valence-corrected chi connectivity index (χ3v) is 6.49. The number of hydrogen-bond acceptors (Lipinski definition) is 5. The Morgan fingerprint density at radius 1 is 1.20 bits per heavy atom. The summed E-state index contributed by atoms with van der Waals surface area (Å²) in [6.45, 7) is 3.91. The Morgan fingerprint density at radius 2 is 1.86 bits per heavy atom. The number of halogens is 3. The Kier molecular flexibility index (Phi) is 6.42. The van der Waals surface area contributed by atoms with Crippen LogP contribution in [0.5, 0.6) is 5.75 Å². The Hall–Kier alpha value is -3.66. The van der Waals surface area contributed by atoms with Gasteiger partial charge in [-0.05, 0) is 32.0 Å². The van der Waals surface area contributed by atoms with Crippen LogP contribution in [-0.2, 0) is 0 Å². The summed E-state index contributed by atoms with van der Waals surface area (Å²) in [6.07, 6.45) is 0.107. The molecule has 2 aromatic carbocycles. The molecular weight excluding hydrogens is 482 g/mol. The number of aromatic nitrogens is 1. The highest BCUT2D eigenvalue weighted by molar-refractivity contribution is 6.34. The van der Waals surface area contributed by atoms with Crippen LogP contribution in [0.3, 0.4) is 0 Å². The third-order valence-electron chi connectivity index (χ3n) is 6.19. The van der Waals surface area contributed by atoms with Crippen LogP contribution in [0, 0.1) is 11.6 Å². The number of methoxy groups -OCH3 is 1. The van der Waals surface area contributed by atoms with E-state index in [0.717, 1.165) is 12.3 Å². The predicted octanol–water partition coefficient (Wildman–Crippen LogP) is 4.52. The zero-order valence-electron chi connectivity index (χ0n) is 19.2. The number of rotatable bonds is 4. The first-order valence-corrected chi connectivity index (χ1v) is 11.1. The van der Waals surface area contributed by atoms with Crippen LogP contribution >= 0.6 is 11.6 Å². The van der Waals surface area contributed by atoms with Crippen LogP contribution in [0.15, 0.2) is 30.5 Å². The molecule has 2 unspecified atom stereocenters. The first kappa shape index (κ1) is 24.5. The van der Waals surface area contributed by atoms with Crippen molar-refractivity contribution in [2.24, 2.45) is 5.73 Å². The van der Waals surface area contributed by atoms with Gasteiger partial charge in [-0.3, -0.25) is 14.7 Å². The third kappa shape index (κ3) is 4.07. The number of carboxylic acid groups (broad SMARTS) is 1. The lowest BCUT2D eigenvalue weighted by Crippen LogP contribution is -2.58. The number of fused-ring (bicyclic) bond motifs is 1. The number of ether oxygens (including phenoxy) is 1. The van der Waals surface area contributed by atoms with Crippen LogP contribution in [0.4, 0.5) is 19.3 Å². The van der Waals surface area contributed by atoms with Gasteiger partial charge in [0.25, 0.3) is 5.91 Å². The summed E-state index contributed by atoms with van der Waals surface area (Å²) < 4.78 is 35.9. The van der Waals surface area contributed by atoms with Gasteiger partial charge in [0, 0.05) is 30.2 Å². The van der Waals surface area contributed by atoms with E-state index in [1.807, 2.05) is 0 Å². The van der Waals surface area contributed by atoms with Crippen molar-refractivity contribution in [2.45, 2.75) is 25.9 Å². The van der Waals surface area contributed by atoms with Crippen LogP contribution in [0.25, 0.3) is 22.0 Å². The largest absolute Gasteiger partial charge is 0.496 e. The van der Waals surface area contributed by atoms with Gasteiger partial charge in [-0.2, -0.15) is 0 Å². The number of carbonyl (C=O) groups excluding carboxylic acids is 1. The lowest BCUT2D eigenvalue weighted by atomic mass is 9.98. The van der Waals surface area contributed by atoms with E-state index >= 15 is 4.39 Å². The van der Waals surface area contributed by atoms with Crippen LogP contribution < -0.4 is 15.4 Å². The number of carbonyl (C=O) groups is 2. The fourth-order valence-corrected chi connectivity index (χ4v) is 5.09. The normalized spacial score (nSPS) is 18.1. The minimum Gasteiger partial charge on any atom is -0.496 e. The minimum absolute atomic E-state index is 0.0346. The molecule has 0 saturated carbocycles. The van der Waals surface area contributed by atoms with Crippen molar-refractivity contribution in [3.63, 3.8) is 0 Å². The standard InChI is InChI=1S/C24H23ClF2N4O4/c1-11-9-30(10-12(2)31(11)24(33)34)22-13-7-15(25)18(19-16(26)5-4-6-17(19)35-3)20(27)21(13)29-8-14(22)23(28)32/h4-8,11-12H,9-10H2,1-3H3,(H2,28,32)(H,33,34). The van der Waals surface area contributed by atoms with Crippen LogP contribution in [0.1, 0.15) is 24.2 Å². The Labute approximate surface area is 204 Å². The molecule has 1 aromatic heterocycles. The van der Waals surface area contributed by atoms with Gasteiger partial charge < -0.3 is 20.5 Å². The van der Waals surface area contributed by atoms with E-state index in [0.29, 0.717) is 5.69 Å². The van der Waals surface area contributed by atoms with E-state index in [9.17, 15) is 19.1 Å². The number of hydrogen-bond donors (Lipinski definition) is 2. The van der Waals surface area contributed by atoms with Gasteiger partial charge in [0.05, 0.1) is 41.0 Å².